The van der Waals surface area contributed by atoms with Gasteiger partial charge in [-0.3, -0.25) is 0 Å². The Balaban J connectivity index is 2.37. The fraction of sp³-hybridized carbons (Fsp3) is 0.538. The number of hydrogen-bond acceptors (Lipinski definition) is 2. The second-order valence-corrected chi connectivity index (χ2v) is 5.83. The number of rotatable bonds is 1. The van der Waals surface area contributed by atoms with Gasteiger partial charge in [-0.1, -0.05) is 6.07 Å². The van der Waals surface area contributed by atoms with Gasteiger partial charge in [0.15, 0.2) is 0 Å². The first kappa shape index (κ1) is 15.3. The summed E-state index contributed by atoms with van der Waals surface area (Å²) in [5, 5.41) is 0. The van der Waals surface area contributed by atoms with E-state index in [0.29, 0.717) is 0 Å². The summed E-state index contributed by atoms with van der Waals surface area (Å²) >= 11 is 0. The standard InChI is InChI=1S/C13H15BF4O2/c1-11(2)12(3,4)20-14(19-11)8-5-6-10(15)9(7-8)13(16,17)18/h5-7H,1-4H3. The molecule has 0 aliphatic carbocycles. The molecule has 0 unspecified atom stereocenters. The first-order valence-electron chi connectivity index (χ1n) is 6.16. The van der Waals surface area contributed by atoms with Gasteiger partial charge in [0.05, 0.1) is 16.8 Å². The van der Waals surface area contributed by atoms with E-state index in [2.05, 4.69) is 0 Å². The molecule has 0 saturated carbocycles. The van der Waals surface area contributed by atoms with Crippen LogP contribution in [-0.2, 0) is 15.5 Å². The molecule has 1 heterocycles. The second-order valence-electron chi connectivity index (χ2n) is 5.83. The van der Waals surface area contributed by atoms with Crippen LogP contribution in [0.2, 0.25) is 0 Å². The van der Waals surface area contributed by atoms with E-state index in [0.717, 1.165) is 12.1 Å². The van der Waals surface area contributed by atoms with Crippen LogP contribution in [-0.4, -0.2) is 18.3 Å². The van der Waals surface area contributed by atoms with Crippen LogP contribution in [0.1, 0.15) is 33.3 Å². The molecule has 0 amide bonds. The van der Waals surface area contributed by atoms with Crippen LogP contribution < -0.4 is 5.46 Å². The van der Waals surface area contributed by atoms with Crippen LogP contribution >= 0.6 is 0 Å². The lowest BCUT2D eigenvalue weighted by Crippen LogP contribution is -2.41. The molecule has 20 heavy (non-hydrogen) atoms. The molecule has 0 atom stereocenters. The van der Waals surface area contributed by atoms with Gasteiger partial charge < -0.3 is 9.31 Å². The van der Waals surface area contributed by atoms with Gasteiger partial charge in [-0.05, 0) is 45.3 Å². The third-order valence-electron chi connectivity index (χ3n) is 3.82. The Morgan fingerprint density at radius 1 is 1.00 bits per heavy atom. The number of benzene rings is 1. The minimum absolute atomic E-state index is 0.150. The maximum atomic E-state index is 13.3. The minimum atomic E-state index is -4.75. The first-order valence-corrected chi connectivity index (χ1v) is 6.16. The molecule has 110 valence electrons. The normalized spacial score (nSPS) is 21.3. The fourth-order valence-electron chi connectivity index (χ4n) is 1.89. The van der Waals surface area contributed by atoms with Crippen LogP contribution in [0.4, 0.5) is 17.6 Å². The first-order chi connectivity index (χ1) is 8.94. The largest absolute Gasteiger partial charge is 0.494 e. The zero-order chi connectivity index (χ0) is 15.3. The third-order valence-corrected chi connectivity index (χ3v) is 3.82. The molecule has 0 spiro atoms. The van der Waals surface area contributed by atoms with E-state index in [9.17, 15) is 17.6 Å². The highest BCUT2D eigenvalue weighted by molar-refractivity contribution is 6.62. The van der Waals surface area contributed by atoms with Crippen LogP contribution in [0.3, 0.4) is 0 Å². The predicted octanol–water partition coefficient (Wildman–Crippen LogP) is 3.14. The lowest BCUT2D eigenvalue weighted by molar-refractivity contribution is -0.139. The van der Waals surface area contributed by atoms with Crippen molar-refractivity contribution in [2.75, 3.05) is 0 Å². The van der Waals surface area contributed by atoms with Crippen LogP contribution in [0.5, 0.6) is 0 Å². The average Bonchev–Trinajstić information content (AvgIpc) is 2.47. The molecule has 0 bridgehead atoms. The number of alkyl halides is 3. The molecule has 1 saturated heterocycles. The molecule has 2 nitrogen and oxygen atoms in total. The van der Waals surface area contributed by atoms with Crippen molar-refractivity contribution in [2.24, 2.45) is 0 Å². The van der Waals surface area contributed by atoms with Crippen LogP contribution in [0.25, 0.3) is 0 Å². The van der Waals surface area contributed by atoms with Crippen molar-refractivity contribution in [3.8, 4) is 0 Å². The third kappa shape index (κ3) is 2.56. The quantitative estimate of drug-likeness (QED) is 0.584. The Labute approximate surface area is 115 Å². The maximum Gasteiger partial charge on any atom is 0.494 e. The number of halogens is 4. The molecule has 0 radical (unpaired) electrons. The van der Waals surface area contributed by atoms with E-state index in [1.165, 1.54) is 6.07 Å². The molecule has 0 N–H and O–H groups in total. The Morgan fingerprint density at radius 2 is 1.50 bits per heavy atom. The van der Waals surface area contributed by atoms with E-state index in [-0.39, 0.29) is 5.46 Å². The highest BCUT2D eigenvalue weighted by Gasteiger charge is 2.52. The Bertz CT molecular complexity index is 510. The van der Waals surface area contributed by atoms with E-state index in [4.69, 9.17) is 9.31 Å². The molecule has 1 aliphatic heterocycles. The topological polar surface area (TPSA) is 18.5 Å². The van der Waals surface area contributed by atoms with Gasteiger partial charge in [-0.2, -0.15) is 13.2 Å². The van der Waals surface area contributed by atoms with Crippen molar-refractivity contribution < 1.29 is 26.9 Å². The van der Waals surface area contributed by atoms with Gasteiger partial charge in [0.25, 0.3) is 0 Å². The lowest BCUT2D eigenvalue weighted by Gasteiger charge is -2.32. The van der Waals surface area contributed by atoms with Crippen molar-refractivity contribution in [2.45, 2.75) is 45.1 Å². The van der Waals surface area contributed by atoms with Gasteiger partial charge in [-0.15, -0.1) is 0 Å². The Hall–Kier alpha value is -1.08. The van der Waals surface area contributed by atoms with Gasteiger partial charge in [-0.25, -0.2) is 4.39 Å². The zero-order valence-corrected chi connectivity index (χ0v) is 11.6. The molecule has 0 aromatic heterocycles. The van der Waals surface area contributed by atoms with Crippen LogP contribution in [0.15, 0.2) is 18.2 Å². The molecular formula is C13H15BF4O2. The van der Waals surface area contributed by atoms with E-state index in [1.807, 2.05) is 0 Å². The molecule has 1 aromatic rings. The molecular weight excluding hydrogens is 275 g/mol. The highest BCUT2D eigenvalue weighted by atomic mass is 19.4. The molecule has 7 heteroatoms. The van der Waals surface area contributed by atoms with E-state index in [1.54, 1.807) is 27.7 Å². The predicted molar refractivity (Wildman–Crippen MR) is 67.1 cm³/mol. The van der Waals surface area contributed by atoms with Gasteiger partial charge >= 0.3 is 13.3 Å². The molecule has 1 aromatic carbocycles. The van der Waals surface area contributed by atoms with Gasteiger partial charge in [0, 0.05) is 0 Å². The summed E-state index contributed by atoms with van der Waals surface area (Å²) in [6.45, 7) is 7.17. The summed E-state index contributed by atoms with van der Waals surface area (Å²) in [5.74, 6) is -1.31. The number of hydrogen-bond donors (Lipinski definition) is 0. The Morgan fingerprint density at radius 3 is 1.95 bits per heavy atom. The lowest BCUT2D eigenvalue weighted by atomic mass is 9.78. The highest BCUT2D eigenvalue weighted by Crippen LogP contribution is 2.37. The summed E-state index contributed by atoms with van der Waals surface area (Å²) in [4.78, 5) is 0. The van der Waals surface area contributed by atoms with Crippen molar-refractivity contribution in [1.82, 2.24) is 0 Å². The molecule has 1 aliphatic rings. The van der Waals surface area contributed by atoms with Crippen molar-refractivity contribution in [3.05, 3.63) is 29.6 Å². The van der Waals surface area contributed by atoms with E-state index < -0.39 is 35.9 Å². The zero-order valence-electron chi connectivity index (χ0n) is 11.6. The van der Waals surface area contributed by atoms with E-state index >= 15 is 0 Å². The van der Waals surface area contributed by atoms with Crippen molar-refractivity contribution in [3.63, 3.8) is 0 Å². The van der Waals surface area contributed by atoms with Crippen LogP contribution in [0, 0.1) is 5.82 Å². The Kier molecular flexibility index (Phi) is 3.42. The van der Waals surface area contributed by atoms with Gasteiger partial charge in [0.2, 0.25) is 0 Å². The molecule has 1 fully saturated rings. The summed E-state index contributed by atoms with van der Waals surface area (Å²) < 4.78 is 62.6. The average molecular weight is 290 g/mol. The summed E-state index contributed by atoms with van der Waals surface area (Å²) in [6, 6.07) is 2.76. The fourth-order valence-corrected chi connectivity index (χ4v) is 1.89. The monoisotopic (exact) mass is 290 g/mol. The summed E-state index contributed by atoms with van der Waals surface area (Å²) in [5.41, 5.74) is -2.49. The van der Waals surface area contributed by atoms with Crippen molar-refractivity contribution in [1.29, 1.82) is 0 Å². The smallest absolute Gasteiger partial charge is 0.399 e. The second kappa shape index (κ2) is 4.46. The summed E-state index contributed by atoms with van der Waals surface area (Å²) in [6.07, 6.45) is -4.75. The SMILES string of the molecule is CC1(C)OB(c2ccc(F)c(C(F)(F)F)c2)OC1(C)C. The minimum Gasteiger partial charge on any atom is -0.399 e. The molecule has 2 rings (SSSR count). The maximum absolute atomic E-state index is 13.3. The van der Waals surface area contributed by atoms with Gasteiger partial charge in [0.1, 0.15) is 5.82 Å². The van der Waals surface area contributed by atoms with Crippen molar-refractivity contribution >= 4 is 12.6 Å². The summed E-state index contributed by atoms with van der Waals surface area (Å²) in [7, 11) is -0.943.